The van der Waals surface area contributed by atoms with Crippen molar-refractivity contribution in [2.45, 2.75) is 70.1 Å². The molecule has 158 valence electrons. The van der Waals surface area contributed by atoms with Crippen LogP contribution in [0.2, 0.25) is 0 Å². The van der Waals surface area contributed by atoms with Gasteiger partial charge in [0.15, 0.2) is 0 Å². The van der Waals surface area contributed by atoms with Crippen molar-refractivity contribution >= 4 is 11.9 Å². The Morgan fingerprint density at radius 3 is 2.59 bits per heavy atom. The average Bonchev–Trinajstić information content (AvgIpc) is 3.54. The lowest BCUT2D eigenvalue weighted by atomic mass is 9.81. The first-order valence-electron chi connectivity index (χ1n) is 10.8. The smallest absolute Gasteiger partial charge is 0.317 e. The number of nitrogens with one attached hydrogen (secondary N) is 1. The summed E-state index contributed by atoms with van der Waals surface area (Å²) in [7, 11) is 0. The maximum atomic E-state index is 12.7. The number of urea groups is 1. The number of carbonyl (C=O) groups is 2. The van der Waals surface area contributed by atoms with Gasteiger partial charge in [-0.1, -0.05) is 0 Å². The van der Waals surface area contributed by atoms with Crippen LogP contribution < -0.4 is 5.32 Å². The van der Waals surface area contributed by atoms with Crippen molar-refractivity contribution in [1.82, 2.24) is 25.1 Å². The Bertz CT molecular complexity index is 741. The van der Waals surface area contributed by atoms with Gasteiger partial charge >= 0.3 is 6.03 Å². The Morgan fingerprint density at radius 2 is 1.97 bits per heavy atom. The zero-order valence-electron chi connectivity index (χ0n) is 17.4. The third-order valence-electron chi connectivity index (χ3n) is 6.33. The lowest BCUT2D eigenvalue weighted by Gasteiger charge is -2.48. The number of nitrogens with zero attached hydrogens (tertiary/aromatic N) is 4. The summed E-state index contributed by atoms with van der Waals surface area (Å²) in [6.45, 7) is 6.42. The van der Waals surface area contributed by atoms with Crippen LogP contribution in [-0.4, -0.2) is 75.6 Å². The summed E-state index contributed by atoms with van der Waals surface area (Å²) in [5.41, 5.74) is 0.955. The highest BCUT2D eigenvalue weighted by molar-refractivity contribution is 5.92. The number of carbonyl (C=O) groups excluding carboxylic acids is 2. The van der Waals surface area contributed by atoms with Crippen molar-refractivity contribution in [3.05, 3.63) is 23.8 Å². The molecule has 8 heteroatoms. The van der Waals surface area contributed by atoms with E-state index in [4.69, 9.17) is 4.74 Å². The lowest BCUT2D eigenvalue weighted by Crippen LogP contribution is -2.57. The Balaban J connectivity index is 1.39. The van der Waals surface area contributed by atoms with Crippen molar-refractivity contribution in [3.63, 3.8) is 0 Å². The van der Waals surface area contributed by atoms with Crippen LogP contribution in [0.3, 0.4) is 0 Å². The average molecular weight is 402 g/mol. The van der Waals surface area contributed by atoms with Crippen LogP contribution in [0.1, 0.15) is 61.6 Å². The monoisotopic (exact) mass is 401 g/mol. The molecule has 0 bridgehead atoms. The summed E-state index contributed by atoms with van der Waals surface area (Å²) in [5.74, 6) is -0.0679. The zero-order chi connectivity index (χ0) is 20.4. The number of hydrogen-bond donors (Lipinski definition) is 1. The van der Waals surface area contributed by atoms with Gasteiger partial charge in [0, 0.05) is 44.5 Å². The molecule has 3 aliphatic rings. The number of hydrogen-bond acceptors (Lipinski definition) is 5. The highest BCUT2D eigenvalue weighted by Gasteiger charge is 2.46. The number of likely N-dealkylation sites (tertiary alicyclic amines) is 1. The Morgan fingerprint density at radius 1 is 1.21 bits per heavy atom. The van der Waals surface area contributed by atoms with E-state index in [1.165, 1.54) is 0 Å². The van der Waals surface area contributed by atoms with Gasteiger partial charge in [-0.2, -0.15) is 0 Å². The minimum atomic E-state index is -0.238. The standard InChI is InChI=1S/C21H31N5O3/c1-3-22-20(28)26(16-4-5-16)17-6-11-29-21(12-17)7-9-25(10-8-21)19(27)18-14-23-15(2)13-24-18/h13-14,16-17H,3-12H2,1-2H3,(H,22,28). The molecule has 8 nitrogen and oxygen atoms in total. The summed E-state index contributed by atoms with van der Waals surface area (Å²) >= 11 is 0. The van der Waals surface area contributed by atoms with Gasteiger partial charge < -0.3 is 19.9 Å². The van der Waals surface area contributed by atoms with Gasteiger partial charge in [-0.25, -0.2) is 9.78 Å². The molecule has 0 aromatic carbocycles. The quantitative estimate of drug-likeness (QED) is 0.835. The molecule has 29 heavy (non-hydrogen) atoms. The number of aromatic nitrogens is 2. The normalized spacial score (nSPS) is 23.7. The summed E-state index contributed by atoms with van der Waals surface area (Å²) in [6.07, 6.45) is 8.70. The molecule has 1 N–H and O–H groups in total. The van der Waals surface area contributed by atoms with Crippen molar-refractivity contribution in [2.75, 3.05) is 26.2 Å². The fourth-order valence-corrected chi connectivity index (χ4v) is 4.60. The molecule has 3 heterocycles. The number of amides is 3. The number of aryl methyl sites for hydroxylation is 1. The van der Waals surface area contributed by atoms with Gasteiger partial charge in [-0.15, -0.1) is 0 Å². The number of piperidine rings is 1. The molecule has 2 aliphatic heterocycles. The van der Waals surface area contributed by atoms with Crippen LogP contribution in [-0.2, 0) is 4.74 Å². The number of ether oxygens (including phenoxy) is 1. The summed E-state index contributed by atoms with van der Waals surface area (Å²) in [5, 5.41) is 2.98. The molecule has 0 radical (unpaired) electrons. The van der Waals surface area contributed by atoms with Crippen molar-refractivity contribution in [2.24, 2.45) is 0 Å². The summed E-state index contributed by atoms with van der Waals surface area (Å²) in [6, 6.07) is 0.652. The van der Waals surface area contributed by atoms with Gasteiger partial charge in [0.2, 0.25) is 0 Å². The van der Waals surface area contributed by atoms with E-state index in [0.717, 1.165) is 44.2 Å². The first-order chi connectivity index (χ1) is 14.0. The van der Waals surface area contributed by atoms with Gasteiger partial charge in [0.05, 0.1) is 17.5 Å². The van der Waals surface area contributed by atoms with E-state index < -0.39 is 0 Å². The molecule has 4 rings (SSSR count). The molecule has 1 unspecified atom stereocenters. The van der Waals surface area contributed by atoms with Crippen molar-refractivity contribution < 1.29 is 14.3 Å². The van der Waals surface area contributed by atoms with E-state index in [1.807, 2.05) is 18.7 Å². The second-order valence-electron chi connectivity index (χ2n) is 8.49. The third-order valence-corrected chi connectivity index (χ3v) is 6.33. The van der Waals surface area contributed by atoms with Crippen LogP contribution in [0.5, 0.6) is 0 Å². The minimum absolute atomic E-state index is 0.0580. The fourth-order valence-electron chi connectivity index (χ4n) is 4.60. The van der Waals surface area contributed by atoms with E-state index >= 15 is 0 Å². The largest absolute Gasteiger partial charge is 0.375 e. The predicted molar refractivity (Wildman–Crippen MR) is 108 cm³/mol. The Hall–Kier alpha value is -2.22. The Labute approximate surface area is 172 Å². The maximum Gasteiger partial charge on any atom is 0.317 e. The number of rotatable bonds is 4. The minimum Gasteiger partial charge on any atom is -0.375 e. The van der Waals surface area contributed by atoms with Gasteiger partial charge in [-0.3, -0.25) is 9.78 Å². The fraction of sp³-hybridized carbons (Fsp3) is 0.714. The molecule has 3 amide bonds. The van der Waals surface area contributed by atoms with Crippen molar-refractivity contribution in [3.8, 4) is 0 Å². The molecule has 3 fully saturated rings. The molecule has 1 aromatic heterocycles. The molecule has 1 atom stereocenters. The maximum absolute atomic E-state index is 12.7. The Kier molecular flexibility index (Phi) is 5.72. The SMILES string of the molecule is CCNC(=O)N(C1CC1)C1CCOC2(CCN(C(=O)c3cnc(C)cn3)CC2)C1. The topological polar surface area (TPSA) is 87.7 Å². The summed E-state index contributed by atoms with van der Waals surface area (Å²) < 4.78 is 6.25. The van der Waals surface area contributed by atoms with Crippen LogP contribution in [0.25, 0.3) is 0 Å². The first-order valence-corrected chi connectivity index (χ1v) is 10.8. The van der Waals surface area contributed by atoms with Gasteiger partial charge in [-0.05, 0) is 52.4 Å². The van der Waals surface area contributed by atoms with E-state index in [0.29, 0.717) is 38.0 Å². The van der Waals surface area contributed by atoms with E-state index in [2.05, 4.69) is 20.2 Å². The van der Waals surface area contributed by atoms with Gasteiger partial charge in [0.25, 0.3) is 5.91 Å². The molecular weight excluding hydrogens is 370 g/mol. The van der Waals surface area contributed by atoms with E-state index in [-0.39, 0.29) is 23.6 Å². The molecular formula is C21H31N5O3. The van der Waals surface area contributed by atoms with Crippen LogP contribution >= 0.6 is 0 Å². The van der Waals surface area contributed by atoms with Crippen molar-refractivity contribution in [1.29, 1.82) is 0 Å². The first kappa shape index (κ1) is 20.1. The second kappa shape index (κ2) is 8.26. The predicted octanol–water partition coefficient (Wildman–Crippen LogP) is 2.13. The summed E-state index contributed by atoms with van der Waals surface area (Å²) in [4.78, 5) is 37.7. The van der Waals surface area contributed by atoms with E-state index in [9.17, 15) is 9.59 Å². The second-order valence-corrected chi connectivity index (χ2v) is 8.49. The van der Waals surface area contributed by atoms with Crippen LogP contribution in [0.4, 0.5) is 4.79 Å². The lowest BCUT2D eigenvalue weighted by molar-refractivity contribution is -0.126. The highest BCUT2D eigenvalue weighted by atomic mass is 16.5. The third kappa shape index (κ3) is 4.37. The molecule has 1 aromatic rings. The van der Waals surface area contributed by atoms with Crippen LogP contribution in [0, 0.1) is 6.92 Å². The van der Waals surface area contributed by atoms with Gasteiger partial charge in [0.1, 0.15) is 5.69 Å². The molecule has 1 saturated carbocycles. The molecule has 1 spiro atoms. The van der Waals surface area contributed by atoms with E-state index in [1.54, 1.807) is 12.4 Å². The highest BCUT2D eigenvalue weighted by Crippen LogP contribution is 2.40. The van der Waals surface area contributed by atoms with Crippen LogP contribution in [0.15, 0.2) is 12.4 Å². The molecule has 2 saturated heterocycles. The molecule has 1 aliphatic carbocycles. The zero-order valence-corrected chi connectivity index (χ0v) is 17.4.